The first-order valence-corrected chi connectivity index (χ1v) is 8.42. The van der Waals surface area contributed by atoms with Gasteiger partial charge in [-0.3, -0.25) is 4.79 Å². The maximum Gasteiger partial charge on any atom is 0.263 e. The molecule has 2 rings (SSSR count). The van der Waals surface area contributed by atoms with E-state index in [0.29, 0.717) is 12.3 Å². The molecule has 21 heavy (non-hydrogen) atoms. The lowest BCUT2D eigenvalue weighted by molar-refractivity contribution is 0.0672. The summed E-state index contributed by atoms with van der Waals surface area (Å²) >= 11 is 1.45. The highest BCUT2D eigenvalue weighted by Gasteiger charge is 2.25. The largest absolute Gasteiger partial charge is 0.395 e. The molecule has 1 aliphatic rings. The Morgan fingerprint density at radius 1 is 1.43 bits per heavy atom. The number of amides is 1. The van der Waals surface area contributed by atoms with Gasteiger partial charge in [0, 0.05) is 19.5 Å². The molecule has 0 radical (unpaired) electrons. The van der Waals surface area contributed by atoms with E-state index >= 15 is 0 Å². The molecule has 1 saturated heterocycles. The third-order valence-electron chi connectivity index (χ3n) is 4.03. The molecule has 1 fully saturated rings. The average Bonchev–Trinajstić information content (AvgIpc) is 2.96. The Morgan fingerprint density at radius 2 is 2.14 bits per heavy atom. The Bertz CT molecular complexity index is 530. The number of hydrogen-bond donors (Lipinski definition) is 1. The number of aliphatic hydroxyl groups is 1. The van der Waals surface area contributed by atoms with E-state index in [1.807, 2.05) is 17.0 Å². The van der Waals surface area contributed by atoms with Gasteiger partial charge in [-0.2, -0.15) is 0 Å². The van der Waals surface area contributed by atoms with Crippen LogP contribution in [-0.4, -0.2) is 35.6 Å². The topological polar surface area (TPSA) is 40.5 Å². The van der Waals surface area contributed by atoms with Gasteiger partial charge in [0.05, 0.1) is 16.4 Å². The van der Waals surface area contributed by atoms with E-state index in [2.05, 4.69) is 25.7 Å². The van der Waals surface area contributed by atoms with Crippen molar-refractivity contribution < 1.29 is 9.90 Å². The van der Waals surface area contributed by atoms with Gasteiger partial charge in [0.1, 0.15) is 0 Å². The van der Waals surface area contributed by atoms with Crippen LogP contribution < -0.4 is 0 Å². The Kier molecular flexibility index (Phi) is 5.84. The molecule has 0 saturated carbocycles. The number of piperidine rings is 1. The minimum absolute atomic E-state index is 0.0783. The molecule has 1 N–H and O–H groups in total. The van der Waals surface area contributed by atoms with Crippen LogP contribution in [0, 0.1) is 23.7 Å². The standard InChI is InChI=1S/C17H23NO2S/c1-13(2)14-8-10-18(11-9-14)17(20)16-7-6-15(21-16)5-3-4-12-19/h6-7,13-14,19H,4,8-12H2,1-2H3. The van der Waals surface area contributed by atoms with E-state index in [1.54, 1.807) is 0 Å². The van der Waals surface area contributed by atoms with Crippen molar-refractivity contribution in [3.63, 3.8) is 0 Å². The van der Waals surface area contributed by atoms with Gasteiger partial charge in [0.25, 0.3) is 5.91 Å². The number of likely N-dealkylation sites (tertiary alicyclic amines) is 1. The third-order valence-corrected chi connectivity index (χ3v) is 5.02. The molecule has 1 aliphatic heterocycles. The van der Waals surface area contributed by atoms with E-state index in [-0.39, 0.29) is 12.5 Å². The van der Waals surface area contributed by atoms with Gasteiger partial charge in [-0.15, -0.1) is 11.3 Å². The van der Waals surface area contributed by atoms with Crippen LogP contribution in [0.25, 0.3) is 0 Å². The van der Waals surface area contributed by atoms with Crippen LogP contribution in [0.4, 0.5) is 0 Å². The summed E-state index contributed by atoms with van der Waals surface area (Å²) in [5, 5.41) is 8.71. The summed E-state index contributed by atoms with van der Waals surface area (Å²) in [4.78, 5) is 16.1. The fourth-order valence-electron chi connectivity index (χ4n) is 2.65. The average molecular weight is 305 g/mol. The zero-order valence-corrected chi connectivity index (χ0v) is 13.6. The predicted molar refractivity (Wildman–Crippen MR) is 86.4 cm³/mol. The summed E-state index contributed by atoms with van der Waals surface area (Å²) in [6.45, 7) is 6.34. The second-order valence-corrected chi connectivity index (χ2v) is 6.90. The summed E-state index contributed by atoms with van der Waals surface area (Å²) in [6.07, 6.45) is 2.69. The summed E-state index contributed by atoms with van der Waals surface area (Å²) in [5.74, 6) is 7.46. The second kappa shape index (κ2) is 7.63. The van der Waals surface area contributed by atoms with Gasteiger partial charge in [-0.25, -0.2) is 0 Å². The number of nitrogens with zero attached hydrogens (tertiary/aromatic N) is 1. The van der Waals surface area contributed by atoms with Crippen molar-refractivity contribution in [3.05, 3.63) is 21.9 Å². The van der Waals surface area contributed by atoms with E-state index in [0.717, 1.165) is 41.6 Å². The van der Waals surface area contributed by atoms with Crippen LogP contribution in [0.3, 0.4) is 0 Å². The van der Waals surface area contributed by atoms with Crippen molar-refractivity contribution >= 4 is 17.2 Å². The molecule has 2 heterocycles. The van der Waals surface area contributed by atoms with Gasteiger partial charge >= 0.3 is 0 Å². The molecular weight excluding hydrogens is 282 g/mol. The molecule has 0 spiro atoms. The number of hydrogen-bond acceptors (Lipinski definition) is 3. The molecule has 3 nitrogen and oxygen atoms in total. The first-order chi connectivity index (χ1) is 10.1. The van der Waals surface area contributed by atoms with Crippen molar-refractivity contribution in [1.29, 1.82) is 0 Å². The Labute approximate surface area is 131 Å². The molecule has 1 aromatic rings. The molecule has 0 unspecified atom stereocenters. The first kappa shape index (κ1) is 16.1. The van der Waals surface area contributed by atoms with Gasteiger partial charge in [-0.05, 0) is 36.8 Å². The third kappa shape index (κ3) is 4.33. The molecule has 1 aromatic heterocycles. The Balaban J connectivity index is 1.94. The molecular formula is C17H23NO2S. The van der Waals surface area contributed by atoms with E-state index in [4.69, 9.17) is 5.11 Å². The first-order valence-electron chi connectivity index (χ1n) is 7.60. The van der Waals surface area contributed by atoms with Crippen molar-refractivity contribution in [2.45, 2.75) is 33.1 Å². The highest BCUT2D eigenvalue weighted by molar-refractivity contribution is 7.14. The maximum absolute atomic E-state index is 12.5. The highest BCUT2D eigenvalue weighted by Crippen LogP contribution is 2.26. The Hall–Kier alpha value is -1.31. The van der Waals surface area contributed by atoms with E-state index < -0.39 is 0 Å². The summed E-state index contributed by atoms with van der Waals surface area (Å²) in [5.41, 5.74) is 0. The van der Waals surface area contributed by atoms with Crippen LogP contribution >= 0.6 is 11.3 Å². The lowest BCUT2D eigenvalue weighted by atomic mass is 9.87. The number of carbonyl (C=O) groups is 1. The number of carbonyl (C=O) groups excluding carboxylic acids is 1. The molecule has 4 heteroatoms. The SMILES string of the molecule is CC(C)C1CCN(C(=O)c2ccc(C#CCCO)s2)CC1. The highest BCUT2D eigenvalue weighted by atomic mass is 32.1. The van der Waals surface area contributed by atoms with Crippen molar-refractivity contribution in [2.24, 2.45) is 11.8 Å². The number of rotatable bonds is 3. The lowest BCUT2D eigenvalue weighted by Crippen LogP contribution is -2.39. The van der Waals surface area contributed by atoms with Crippen molar-refractivity contribution in [3.8, 4) is 11.8 Å². The van der Waals surface area contributed by atoms with E-state index in [9.17, 15) is 4.79 Å². The smallest absolute Gasteiger partial charge is 0.263 e. The second-order valence-electron chi connectivity index (χ2n) is 5.81. The van der Waals surface area contributed by atoms with E-state index in [1.165, 1.54) is 11.3 Å². The fourth-order valence-corrected chi connectivity index (χ4v) is 3.50. The normalized spacial score (nSPS) is 15.9. The monoisotopic (exact) mass is 305 g/mol. The van der Waals surface area contributed by atoms with Crippen molar-refractivity contribution in [2.75, 3.05) is 19.7 Å². The minimum atomic E-state index is 0.0783. The molecule has 0 aliphatic carbocycles. The molecule has 0 atom stereocenters. The molecule has 0 aromatic carbocycles. The number of thiophene rings is 1. The van der Waals surface area contributed by atoms with Crippen LogP contribution in [0.1, 0.15) is 47.7 Å². The predicted octanol–water partition coefficient (Wildman–Crippen LogP) is 2.99. The zero-order valence-electron chi connectivity index (χ0n) is 12.8. The number of aliphatic hydroxyl groups excluding tert-OH is 1. The zero-order chi connectivity index (χ0) is 15.2. The minimum Gasteiger partial charge on any atom is -0.395 e. The fraction of sp³-hybridized carbons (Fsp3) is 0.588. The van der Waals surface area contributed by atoms with Gasteiger partial charge in [0.2, 0.25) is 0 Å². The molecule has 1 amide bonds. The summed E-state index contributed by atoms with van der Waals surface area (Å²) < 4.78 is 0. The summed E-state index contributed by atoms with van der Waals surface area (Å²) in [7, 11) is 0. The maximum atomic E-state index is 12.5. The van der Waals surface area contributed by atoms with Crippen molar-refractivity contribution in [1.82, 2.24) is 4.90 Å². The lowest BCUT2D eigenvalue weighted by Gasteiger charge is -2.33. The Morgan fingerprint density at radius 3 is 2.76 bits per heavy atom. The molecule has 0 bridgehead atoms. The van der Waals surface area contributed by atoms with Crippen LogP contribution in [0.2, 0.25) is 0 Å². The quantitative estimate of drug-likeness (QED) is 0.872. The van der Waals surface area contributed by atoms with Crippen LogP contribution in [0.15, 0.2) is 12.1 Å². The van der Waals surface area contributed by atoms with Crippen LogP contribution in [0.5, 0.6) is 0 Å². The van der Waals surface area contributed by atoms with Gasteiger partial charge in [-0.1, -0.05) is 25.7 Å². The van der Waals surface area contributed by atoms with Crippen LogP contribution in [-0.2, 0) is 0 Å². The van der Waals surface area contributed by atoms with Gasteiger partial charge < -0.3 is 10.0 Å². The molecule has 114 valence electrons. The summed E-state index contributed by atoms with van der Waals surface area (Å²) in [6, 6.07) is 3.76. The van der Waals surface area contributed by atoms with Gasteiger partial charge in [0.15, 0.2) is 0 Å².